The Bertz CT molecular complexity index is 469. The van der Waals surface area contributed by atoms with Crippen LogP contribution in [0.25, 0.3) is 0 Å². The van der Waals surface area contributed by atoms with Crippen molar-refractivity contribution >= 4 is 35.6 Å². The Morgan fingerprint density at radius 3 is 2.55 bits per heavy atom. The van der Waals surface area contributed by atoms with Gasteiger partial charge < -0.3 is 15.8 Å². The van der Waals surface area contributed by atoms with Crippen LogP contribution < -0.4 is 11.1 Å². The Morgan fingerprint density at radius 2 is 2.00 bits per heavy atom. The maximum absolute atomic E-state index is 5.99. The molecular weight excluding hydrogens is 389 g/mol. The molecule has 2 rings (SSSR count). The van der Waals surface area contributed by atoms with Gasteiger partial charge in [0, 0.05) is 25.4 Å². The lowest BCUT2D eigenvalue weighted by Crippen LogP contribution is -2.35. The molecule has 0 heterocycles. The predicted octanol–water partition coefficient (Wildman–Crippen LogP) is 3.94. The van der Waals surface area contributed by atoms with Crippen LogP contribution >= 0.6 is 24.0 Å². The van der Waals surface area contributed by atoms with Crippen LogP contribution in [0.5, 0.6) is 0 Å². The van der Waals surface area contributed by atoms with Gasteiger partial charge in [0.05, 0.1) is 0 Å². The first kappa shape index (κ1) is 19.2. The van der Waals surface area contributed by atoms with Gasteiger partial charge in [-0.05, 0) is 50.7 Å². The lowest BCUT2D eigenvalue weighted by Gasteiger charge is -2.40. The number of nitrogens with two attached hydrogens (primary N) is 1. The second-order valence-electron chi connectivity index (χ2n) is 5.99. The van der Waals surface area contributed by atoms with E-state index in [1.807, 2.05) is 19.1 Å². The number of anilines is 1. The van der Waals surface area contributed by atoms with E-state index in [-0.39, 0.29) is 24.0 Å². The number of nitrogens with zero attached hydrogens (tertiary/aromatic N) is 1. The first-order valence-corrected chi connectivity index (χ1v) is 7.85. The summed E-state index contributed by atoms with van der Waals surface area (Å²) in [6, 6.07) is 8.16. The summed E-state index contributed by atoms with van der Waals surface area (Å²) in [5.74, 6) is 0.501. The summed E-state index contributed by atoms with van der Waals surface area (Å²) in [5, 5.41) is 3.15. The Balaban J connectivity index is 0.00000242. The summed E-state index contributed by atoms with van der Waals surface area (Å²) in [4.78, 5) is 4.54. The van der Waals surface area contributed by atoms with Crippen molar-refractivity contribution < 1.29 is 4.74 Å². The molecule has 1 saturated carbocycles. The van der Waals surface area contributed by atoms with E-state index < -0.39 is 0 Å². The normalized spacial score (nSPS) is 16.5. The molecule has 0 atom stereocenters. The molecule has 124 valence electrons. The highest BCUT2D eigenvalue weighted by Gasteiger charge is 2.36. The maximum atomic E-state index is 5.99. The second-order valence-corrected chi connectivity index (χ2v) is 5.99. The monoisotopic (exact) mass is 417 g/mol. The van der Waals surface area contributed by atoms with Crippen LogP contribution in [0.3, 0.4) is 0 Å². The molecule has 0 saturated heterocycles. The maximum Gasteiger partial charge on any atom is 0.193 e. The van der Waals surface area contributed by atoms with Crippen molar-refractivity contribution in [3.8, 4) is 0 Å². The van der Waals surface area contributed by atoms with Crippen molar-refractivity contribution in [2.75, 3.05) is 25.1 Å². The van der Waals surface area contributed by atoms with E-state index >= 15 is 0 Å². The summed E-state index contributed by atoms with van der Waals surface area (Å²) in [6.45, 7) is 6.52. The molecule has 1 fully saturated rings. The van der Waals surface area contributed by atoms with Gasteiger partial charge in [0.1, 0.15) is 0 Å². The smallest absolute Gasteiger partial charge is 0.193 e. The first-order valence-electron chi connectivity index (χ1n) is 7.85. The van der Waals surface area contributed by atoms with E-state index in [1.54, 1.807) is 0 Å². The van der Waals surface area contributed by atoms with Gasteiger partial charge in [-0.25, -0.2) is 0 Å². The van der Waals surface area contributed by atoms with E-state index in [0.717, 1.165) is 31.9 Å². The van der Waals surface area contributed by atoms with Crippen molar-refractivity contribution in [3.05, 3.63) is 29.8 Å². The summed E-state index contributed by atoms with van der Waals surface area (Å²) < 4.78 is 5.48. The predicted molar refractivity (Wildman–Crippen MR) is 104 cm³/mol. The summed E-state index contributed by atoms with van der Waals surface area (Å²) in [6.07, 6.45) is 4.86. The van der Waals surface area contributed by atoms with Crippen molar-refractivity contribution in [3.63, 3.8) is 0 Å². The molecule has 4 nitrogen and oxygen atoms in total. The number of hydrogen-bond acceptors (Lipinski definition) is 2. The van der Waals surface area contributed by atoms with Gasteiger partial charge >= 0.3 is 0 Å². The van der Waals surface area contributed by atoms with Crippen molar-refractivity contribution in [2.24, 2.45) is 16.1 Å². The largest absolute Gasteiger partial charge is 0.382 e. The molecule has 0 aliphatic heterocycles. The van der Waals surface area contributed by atoms with Gasteiger partial charge in [-0.1, -0.05) is 24.1 Å². The SMILES string of the molecule is CCOCCC1(CN=C(N)Nc2ccc(C)cc2)CCC1.I. The molecule has 5 heteroatoms. The highest BCUT2D eigenvalue weighted by molar-refractivity contribution is 14.0. The van der Waals surface area contributed by atoms with Crippen LogP contribution in [-0.4, -0.2) is 25.7 Å². The Kier molecular flexibility index (Phi) is 8.17. The summed E-state index contributed by atoms with van der Waals surface area (Å²) >= 11 is 0. The lowest BCUT2D eigenvalue weighted by molar-refractivity contribution is 0.0610. The molecule has 0 bridgehead atoms. The molecule has 22 heavy (non-hydrogen) atoms. The minimum absolute atomic E-state index is 0. The van der Waals surface area contributed by atoms with Gasteiger partial charge in [-0.15, -0.1) is 24.0 Å². The zero-order valence-electron chi connectivity index (χ0n) is 13.6. The molecule has 0 aromatic heterocycles. The van der Waals surface area contributed by atoms with Gasteiger partial charge in [-0.2, -0.15) is 0 Å². The fourth-order valence-corrected chi connectivity index (χ4v) is 2.67. The number of aryl methyl sites for hydroxylation is 1. The molecule has 0 spiro atoms. The van der Waals surface area contributed by atoms with E-state index in [2.05, 4.69) is 29.4 Å². The summed E-state index contributed by atoms with van der Waals surface area (Å²) in [7, 11) is 0. The molecule has 1 aromatic rings. The van der Waals surface area contributed by atoms with Crippen LogP contribution in [0.15, 0.2) is 29.3 Å². The molecule has 0 unspecified atom stereocenters. The van der Waals surface area contributed by atoms with Crippen LogP contribution in [0.1, 0.15) is 38.2 Å². The third-order valence-electron chi connectivity index (χ3n) is 4.30. The number of rotatable bonds is 7. The van der Waals surface area contributed by atoms with Gasteiger partial charge in [-0.3, -0.25) is 4.99 Å². The minimum Gasteiger partial charge on any atom is -0.382 e. The number of aliphatic imine (C=N–C) groups is 1. The quantitative estimate of drug-likeness (QED) is 0.306. The first-order chi connectivity index (χ1) is 10.1. The van der Waals surface area contributed by atoms with Gasteiger partial charge in [0.15, 0.2) is 5.96 Å². The molecule has 1 aliphatic rings. The molecule has 3 N–H and O–H groups in total. The van der Waals surface area contributed by atoms with E-state index in [9.17, 15) is 0 Å². The molecule has 1 aromatic carbocycles. The number of halogens is 1. The van der Waals surface area contributed by atoms with Crippen molar-refractivity contribution in [1.82, 2.24) is 0 Å². The minimum atomic E-state index is 0. The average molecular weight is 417 g/mol. The number of guanidine groups is 1. The molecule has 0 amide bonds. The van der Waals surface area contributed by atoms with Gasteiger partial charge in [0.2, 0.25) is 0 Å². The van der Waals surface area contributed by atoms with Gasteiger partial charge in [0.25, 0.3) is 0 Å². The Morgan fingerprint density at radius 1 is 1.32 bits per heavy atom. The fourth-order valence-electron chi connectivity index (χ4n) is 2.67. The molecular formula is C17H28IN3O. The highest BCUT2D eigenvalue weighted by atomic mass is 127. The fraction of sp³-hybridized carbons (Fsp3) is 0.588. The molecule has 0 radical (unpaired) electrons. The van der Waals surface area contributed by atoms with Crippen LogP contribution in [-0.2, 0) is 4.74 Å². The van der Waals surface area contributed by atoms with E-state index in [0.29, 0.717) is 11.4 Å². The van der Waals surface area contributed by atoms with Crippen molar-refractivity contribution in [1.29, 1.82) is 0 Å². The average Bonchev–Trinajstić information content (AvgIpc) is 2.43. The van der Waals surface area contributed by atoms with Crippen LogP contribution in [0, 0.1) is 12.3 Å². The number of hydrogen-bond donors (Lipinski definition) is 2. The van der Waals surface area contributed by atoms with Crippen LogP contribution in [0.2, 0.25) is 0 Å². The lowest BCUT2D eigenvalue weighted by atomic mass is 9.67. The number of ether oxygens (including phenoxy) is 1. The highest BCUT2D eigenvalue weighted by Crippen LogP contribution is 2.44. The third kappa shape index (κ3) is 5.76. The second kappa shape index (κ2) is 9.35. The standard InChI is InChI=1S/C17H27N3O.HI/c1-3-21-12-11-17(9-4-10-17)13-19-16(18)20-15-7-5-14(2)6-8-15;/h5-8H,3-4,9-13H2,1-2H3,(H3,18,19,20);1H. The molecule has 1 aliphatic carbocycles. The van der Waals surface area contributed by atoms with E-state index in [1.165, 1.54) is 24.8 Å². The Labute approximate surface area is 150 Å². The third-order valence-corrected chi connectivity index (χ3v) is 4.30. The van der Waals surface area contributed by atoms with Crippen LogP contribution in [0.4, 0.5) is 5.69 Å². The topological polar surface area (TPSA) is 59.6 Å². The number of nitrogens with one attached hydrogen (secondary N) is 1. The summed E-state index contributed by atoms with van der Waals surface area (Å²) in [5.41, 5.74) is 8.53. The number of benzene rings is 1. The zero-order valence-corrected chi connectivity index (χ0v) is 15.9. The Hall–Kier alpha value is -0.820. The van der Waals surface area contributed by atoms with E-state index in [4.69, 9.17) is 10.5 Å². The zero-order chi connectivity index (χ0) is 15.1. The van der Waals surface area contributed by atoms with Crippen molar-refractivity contribution in [2.45, 2.75) is 39.5 Å².